The minimum atomic E-state index is -4.51. The van der Waals surface area contributed by atoms with Crippen molar-refractivity contribution in [1.29, 1.82) is 0 Å². The molecule has 1 aliphatic heterocycles. The lowest BCUT2D eigenvalue weighted by molar-refractivity contribution is 0.234. The van der Waals surface area contributed by atoms with E-state index in [4.69, 9.17) is 0 Å². The molecule has 1 saturated heterocycles. The van der Waals surface area contributed by atoms with Gasteiger partial charge >= 0.3 is 5.76 Å². The van der Waals surface area contributed by atoms with Crippen LogP contribution in [0.4, 0.5) is 14.5 Å². The lowest BCUT2D eigenvalue weighted by Crippen LogP contribution is -2.33. The molecule has 0 amide bonds. The van der Waals surface area contributed by atoms with Crippen molar-refractivity contribution in [3.8, 4) is 0 Å². The van der Waals surface area contributed by atoms with Gasteiger partial charge in [0.05, 0.1) is 4.90 Å². The number of rotatable bonds is 5. The maximum atomic E-state index is 12.5. The first-order valence-corrected chi connectivity index (χ1v) is 9.64. The van der Waals surface area contributed by atoms with Crippen molar-refractivity contribution in [3.63, 3.8) is 0 Å². The summed E-state index contributed by atoms with van der Waals surface area (Å²) in [5.74, 6) is -3.38. The number of alkyl halides is 2. The number of nitrogens with one attached hydrogen (secondary N) is 1. The molecule has 23 heavy (non-hydrogen) atoms. The Balaban J connectivity index is 1.59. The van der Waals surface area contributed by atoms with E-state index in [1.54, 1.807) is 12.1 Å². The van der Waals surface area contributed by atoms with Gasteiger partial charge in [-0.3, -0.25) is 4.90 Å². The highest BCUT2D eigenvalue weighted by Gasteiger charge is 2.30. The number of halogens is 2. The zero-order valence-corrected chi connectivity index (χ0v) is 13.7. The van der Waals surface area contributed by atoms with Crippen LogP contribution in [0.1, 0.15) is 32.1 Å². The summed E-state index contributed by atoms with van der Waals surface area (Å²) in [7, 11) is -4.51. The van der Waals surface area contributed by atoms with E-state index in [1.807, 2.05) is 0 Å². The third kappa shape index (κ3) is 3.66. The Morgan fingerprint density at radius 1 is 1.09 bits per heavy atom. The van der Waals surface area contributed by atoms with E-state index in [-0.39, 0.29) is 4.90 Å². The summed E-state index contributed by atoms with van der Waals surface area (Å²) in [6.45, 7) is 2.07. The van der Waals surface area contributed by atoms with Crippen LogP contribution in [0.2, 0.25) is 0 Å². The molecule has 1 aromatic rings. The molecule has 1 unspecified atom stereocenters. The van der Waals surface area contributed by atoms with E-state index in [9.17, 15) is 17.2 Å². The quantitative estimate of drug-likeness (QED) is 0.892. The van der Waals surface area contributed by atoms with Gasteiger partial charge in [-0.15, -0.1) is 0 Å². The van der Waals surface area contributed by atoms with Crippen molar-refractivity contribution in [2.75, 3.05) is 18.4 Å². The lowest BCUT2D eigenvalue weighted by atomic mass is 10.2. The molecule has 7 heteroatoms. The second kappa shape index (κ2) is 6.73. The Kier molecular flexibility index (Phi) is 4.87. The highest BCUT2D eigenvalue weighted by molar-refractivity contribution is 7.91. The van der Waals surface area contributed by atoms with Gasteiger partial charge in [-0.25, -0.2) is 8.42 Å². The topological polar surface area (TPSA) is 49.4 Å². The molecule has 4 nitrogen and oxygen atoms in total. The summed E-state index contributed by atoms with van der Waals surface area (Å²) in [5.41, 5.74) is 0.775. The number of anilines is 1. The molecule has 0 bridgehead atoms. The van der Waals surface area contributed by atoms with Crippen LogP contribution in [0.25, 0.3) is 0 Å². The Morgan fingerprint density at radius 3 is 2.35 bits per heavy atom. The van der Waals surface area contributed by atoms with E-state index < -0.39 is 15.6 Å². The molecule has 1 aliphatic carbocycles. The van der Waals surface area contributed by atoms with Crippen LogP contribution in [-0.2, 0) is 9.84 Å². The fourth-order valence-corrected chi connectivity index (χ4v) is 4.31. The molecule has 0 aromatic heterocycles. The van der Waals surface area contributed by atoms with E-state index >= 15 is 0 Å². The standard InChI is InChI=1S/C16H22F2N2O2S/c17-16(18)23(21,22)15-7-5-12(6-8-15)19-13-9-10-20(11-13)14-3-1-2-4-14/h5-8,13-14,16,19H,1-4,9-11H2. The van der Waals surface area contributed by atoms with Crippen LogP contribution < -0.4 is 5.32 Å². The molecule has 128 valence electrons. The largest absolute Gasteiger partial charge is 0.381 e. The minimum absolute atomic E-state index is 0.327. The summed E-state index contributed by atoms with van der Waals surface area (Å²) in [6, 6.07) is 6.65. The van der Waals surface area contributed by atoms with Crippen molar-refractivity contribution in [3.05, 3.63) is 24.3 Å². The summed E-state index contributed by atoms with van der Waals surface area (Å²) >= 11 is 0. The van der Waals surface area contributed by atoms with Crippen LogP contribution in [0.15, 0.2) is 29.2 Å². The molecule has 2 fully saturated rings. The highest BCUT2D eigenvalue weighted by Crippen LogP contribution is 2.28. The van der Waals surface area contributed by atoms with Gasteiger partial charge in [0.1, 0.15) is 0 Å². The molecule has 0 radical (unpaired) electrons. The van der Waals surface area contributed by atoms with E-state index in [1.165, 1.54) is 37.8 Å². The first-order valence-electron chi connectivity index (χ1n) is 8.09. The molecule has 1 atom stereocenters. The van der Waals surface area contributed by atoms with Crippen molar-refractivity contribution in [2.45, 2.75) is 54.8 Å². The molecule has 2 aliphatic rings. The molecule has 1 N–H and O–H groups in total. The smallest absolute Gasteiger partial charge is 0.341 e. The van der Waals surface area contributed by atoms with Crippen LogP contribution in [0.5, 0.6) is 0 Å². The molecule has 0 spiro atoms. The van der Waals surface area contributed by atoms with Gasteiger partial charge in [0.2, 0.25) is 9.84 Å². The van der Waals surface area contributed by atoms with Gasteiger partial charge < -0.3 is 5.32 Å². The number of benzene rings is 1. The Hall–Kier alpha value is -1.21. The Morgan fingerprint density at radius 2 is 1.74 bits per heavy atom. The summed E-state index contributed by atoms with van der Waals surface area (Å²) in [5, 5.41) is 3.38. The zero-order chi connectivity index (χ0) is 16.4. The molecule has 3 rings (SSSR count). The van der Waals surface area contributed by atoms with Crippen LogP contribution in [-0.4, -0.2) is 44.2 Å². The maximum Gasteiger partial charge on any atom is 0.341 e. The van der Waals surface area contributed by atoms with Gasteiger partial charge in [0, 0.05) is 30.9 Å². The monoisotopic (exact) mass is 344 g/mol. The zero-order valence-electron chi connectivity index (χ0n) is 12.9. The third-order valence-corrected chi connectivity index (χ3v) is 6.25. The van der Waals surface area contributed by atoms with Crippen molar-refractivity contribution in [1.82, 2.24) is 4.90 Å². The fourth-order valence-electron chi connectivity index (χ4n) is 3.59. The summed E-state index contributed by atoms with van der Waals surface area (Å²) < 4.78 is 47.8. The molecule has 1 aromatic carbocycles. The minimum Gasteiger partial charge on any atom is -0.381 e. The van der Waals surface area contributed by atoms with Crippen LogP contribution in [0, 0.1) is 0 Å². The number of nitrogens with zero attached hydrogens (tertiary/aromatic N) is 1. The van der Waals surface area contributed by atoms with Gasteiger partial charge in [0.15, 0.2) is 0 Å². The second-order valence-electron chi connectivity index (χ2n) is 6.39. The third-order valence-electron chi connectivity index (χ3n) is 4.85. The maximum absolute atomic E-state index is 12.5. The SMILES string of the molecule is O=S(=O)(c1ccc(NC2CCN(C3CCCC3)C2)cc1)C(F)F. The normalized spacial score (nSPS) is 23.7. The Bertz CT molecular complexity index is 628. The lowest BCUT2D eigenvalue weighted by Gasteiger charge is -2.23. The van der Waals surface area contributed by atoms with E-state index in [2.05, 4.69) is 10.2 Å². The first-order chi connectivity index (χ1) is 11.0. The first kappa shape index (κ1) is 16.6. The number of hydrogen-bond acceptors (Lipinski definition) is 4. The molecule has 1 saturated carbocycles. The number of hydrogen-bond donors (Lipinski definition) is 1. The second-order valence-corrected chi connectivity index (χ2v) is 8.31. The average molecular weight is 344 g/mol. The molecule has 1 heterocycles. The summed E-state index contributed by atoms with van der Waals surface area (Å²) in [6.07, 6.45) is 6.26. The van der Waals surface area contributed by atoms with Gasteiger partial charge in [0.25, 0.3) is 0 Å². The van der Waals surface area contributed by atoms with Crippen LogP contribution >= 0.6 is 0 Å². The fraction of sp³-hybridized carbons (Fsp3) is 0.625. The van der Waals surface area contributed by atoms with Crippen molar-refractivity contribution in [2.24, 2.45) is 0 Å². The van der Waals surface area contributed by atoms with Gasteiger partial charge in [-0.05, 0) is 43.5 Å². The Labute approximate surface area is 135 Å². The predicted molar refractivity (Wildman–Crippen MR) is 85.5 cm³/mol. The van der Waals surface area contributed by atoms with E-state index in [0.29, 0.717) is 12.1 Å². The molecular weight excluding hydrogens is 322 g/mol. The number of sulfone groups is 1. The highest BCUT2D eigenvalue weighted by atomic mass is 32.2. The summed E-state index contributed by atoms with van der Waals surface area (Å²) in [4.78, 5) is 2.19. The predicted octanol–water partition coefficient (Wildman–Crippen LogP) is 3.11. The average Bonchev–Trinajstić information content (AvgIpc) is 3.18. The van der Waals surface area contributed by atoms with Crippen molar-refractivity contribution < 1.29 is 17.2 Å². The van der Waals surface area contributed by atoms with E-state index in [0.717, 1.165) is 25.2 Å². The van der Waals surface area contributed by atoms with Crippen molar-refractivity contribution >= 4 is 15.5 Å². The number of likely N-dealkylation sites (tertiary alicyclic amines) is 1. The van der Waals surface area contributed by atoms with Gasteiger partial charge in [-0.2, -0.15) is 8.78 Å². The van der Waals surface area contributed by atoms with Crippen LogP contribution in [0.3, 0.4) is 0 Å². The molecular formula is C16H22F2N2O2S. The van der Waals surface area contributed by atoms with Gasteiger partial charge in [-0.1, -0.05) is 12.8 Å².